The average molecular weight is 387 g/mol. The summed E-state index contributed by atoms with van der Waals surface area (Å²) in [5, 5.41) is 0. The van der Waals surface area contributed by atoms with E-state index < -0.39 is 10.0 Å². The lowest BCUT2D eigenvalue weighted by atomic mass is 9.89. The number of hydrogen-bond acceptors (Lipinski definition) is 4. The number of hydrogen-bond donors (Lipinski definition) is 1. The van der Waals surface area contributed by atoms with Gasteiger partial charge in [0.1, 0.15) is 4.21 Å². The number of nitrogens with two attached hydrogens (primary N) is 1. The fraction of sp³-hybridized carbons (Fsp3) is 0.412. The van der Waals surface area contributed by atoms with Crippen LogP contribution >= 0.6 is 23.7 Å². The molecular weight excluding hydrogens is 364 g/mol. The summed E-state index contributed by atoms with van der Waals surface area (Å²) in [6.07, 6.45) is 0. The van der Waals surface area contributed by atoms with Crippen LogP contribution in [0.15, 0.2) is 40.6 Å². The van der Waals surface area contributed by atoms with Gasteiger partial charge in [-0.25, -0.2) is 8.42 Å². The van der Waals surface area contributed by atoms with Crippen LogP contribution in [0.4, 0.5) is 0 Å². The first kappa shape index (κ1) is 19.4. The molecule has 0 aliphatic carbocycles. The van der Waals surface area contributed by atoms with E-state index in [-0.39, 0.29) is 24.2 Å². The minimum Gasteiger partial charge on any atom is -0.330 e. The first-order valence-corrected chi connectivity index (χ1v) is 10.0. The summed E-state index contributed by atoms with van der Waals surface area (Å²) < 4.78 is 27.9. The molecule has 1 aromatic carbocycles. The Morgan fingerprint density at radius 3 is 2.42 bits per heavy atom. The molecule has 0 spiro atoms. The third-order valence-corrected chi connectivity index (χ3v) is 8.11. The molecule has 132 valence electrons. The van der Waals surface area contributed by atoms with Crippen LogP contribution in [0.25, 0.3) is 0 Å². The molecule has 4 nitrogen and oxygen atoms in total. The Morgan fingerprint density at radius 1 is 1.21 bits per heavy atom. The fourth-order valence-corrected chi connectivity index (χ4v) is 6.33. The number of aryl methyl sites for hydroxylation is 2. The van der Waals surface area contributed by atoms with E-state index in [9.17, 15) is 8.42 Å². The van der Waals surface area contributed by atoms with Crippen LogP contribution in [0.5, 0.6) is 0 Å². The van der Waals surface area contributed by atoms with Crippen molar-refractivity contribution in [2.24, 2.45) is 11.7 Å². The summed E-state index contributed by atoms with van der Waals surface area (Å²) in [4.78, 5) is 1.05. The van der Waals surface area contributed by atoms with E-state index in [4.69, 9.17) is 5.73 Å². The van der Waals surface area contributed by atoms with Gasteiger partial charge in [0.15, 0.2) is 0 Å². The molecule has 2 atom stereocenters. The first-order chi connectivity index (χ1) is 10.9. The molecule has 3 rings (SSSR count). The molecule has 1 aliphatic rings. The quantitative estimate of drug-likeness (QED) is 0.877. The Bertz CT molecular complexity index is 771. The van der Waals surface area contributed by atoms with E-state index in [2.05, 4.69) is 12.1 Å². The molecule has 2 N–H and O–H groups in total. The van der Waals surface area contributed by atoms with Gasteiger partial charge in [0, 0.05) is 23.9 Å². The maximum absolute atomic E-state index is 12.9. The van der Waals surface area contributed by atoms with Crippen molar-refractivity contribution < 1.29 is 8.42 Å². The fourth-order valence-electron chi connectivity index (χ4n) is 3.14. The van der Waals surface area contributed by atoms with E-state index in [0.717, 1.165) is 10.4 Å². The number of halogens is 1. The van der Waals surface area contributed by atoms with Crippen LogP contribution < -0.4 is 5.73 Å². The molecule has 1 aromatic heterocycles. The zero-order chi connectivity index (χ0) is 16.6. The molecule has 7 heteroatoms. The highest BCUT2D eigenvalue weighted by Gasteiger charge is 2.39. The molecule has 2 aromatic rings. The first-order valence-electron chi connectivity index (χ1n) is 7.75. The third kappa shape index (κ3) is 3.53. The Kier molecular flexibility index (Phi) is 6.09. The largest absolute Gasteiger partial charge is 0.330 e. The molecule has 0 bridgehead atoms. The van der Waals surface area contributed by atoms with Crippen LogP contribution in [-0.4, -0.2) is 32.4 Å². The number of thiophene rings is 1. The molecule has 1 fully saturated rings. The van der Waals surface area contributed by atoms with Gasteiger partial charge in [-0.05, 0) is 43.5 Å². The second kappa shape index (κ2) is 7.54. The predicted molar refractivity (Wildman–Crippen MR) is 102 cm³/mol. The molecule has 1 aliphatic heterocycles. The van der Waals surface area contributed by atoms with Gasteiger partial charge < -0.3 is 5.73 Å². The molecule has 24 heavy (non-hydrogen) atoms. The molecule has 2 heterocycles. The Hall–Kier alpha value is -0.920. The Morgan fingerprint density at radius 2 is 1.88 bits per heavy atom. The standard InChI is InChI=1S/C17H22N2O2S2.ClH/c1-12-8-17(22-13(12)2)23(20,21)19-10-15(9-18)16(11-19)14-6-4-3-5-7-14;/h3-8,15-16H,9-11,18H2,1-2H3;1H/t15-,16+;/m1./s1. The van der Waals surface area contributed by atoms with Crippen molar-refractivity contribution in [2.75, 3.05) is 19.6 Å². The summed E-state index contributed by atoms with van der Waals surface area (Å²) in [6, 6.07) is 11.9. The lowest BCUT2D eigenvalue weighted by Crippen LogP contribution is -2.29. The normalized spacial score (nSPS) is 21.6. The lowest BCUT2D eigenvalue weighted by Gasteiger charge is -2.16. The van der Waals surface area contributed by atoms with Crippen LogP contribution in [0, 0.1) is 19.8 Å². The highest BCUT2D eigenvalue weighted by Crippen LogP contribution is 2.37. The van der Waals surface area contributed by atoms with Crippen molar-refractivity contribution in [1.29, 1.82) is 0 Å². The molecule has 1 saturated heterocycles. The number of nitrogens with zero attached hydrogens (tertiary/aromatic N) is 1. The van der Waals surface area contributed by atoms with Gasteiger partial charge in [-0.3, -0.25) is 0 Å². The smallest absolute Gasteiger partial charge is 0.252 e. The topological polar surface area (TPSA) is 63.4 Å². The molecule has 0 amide bonds. The summed E-state index contributed by atoms with van der Waals surface area (Å²) in [6.45, 7) is 5.40. The highest BCUT2D eigenvalue weighted by molar-refractivity contribution is 7.91. The summed E-state index contributed by atoms with van der Waals surface area (Å²) in [5.41, 5.74) is 8.11. The lowest BCUT2D eigenvalue weighted by molar-refractivity contribution is 0.460. The van der Waals surface area contributed by atoms with Gasteiger partial charge >= 0.3 is 0 Å². The van der Waals surface area contributed by atoms with Crippen LogP contribution in [0.3, 0.4) is 0 Å². The second-order valence-electron chi connectivity index (χ2n) is 6.14. The van der Waals surface area contributed by atoms with Crippen molar-refractivity contribution in [2.45, 2.75) is 24.0 Å². The van der Waals surface area contributed by atoms with Gasteiger partial charge in [0.25, 0.3) is 10.0 Å². The predicted octanol–water partition coefficient (Wildman–Crippen LogP) is 3.15. The zero-order valence-corrected chi connectivity index (χ0v) is 16.3. The van der Waals surface area contributed by atoms with E-state index >= 15 is 0 Å². The van der Waals surface area contributed by atoms with Gasteiger partial charge in [-0.15, -0.1) is 23.7 Å². The zero-order valence-electron chi connectivity index (χ0n) is 13.8. The third-order valence-electron chi connectivity index (χ3n) is 4.68. The van der Waals surface area contributed by atoms with Crippen LogP contribution in [0.1, 0.15) is 21.9 Å². The van der Waals surface area contributed by atoms with Crippen LogP contribution in [-0.2, 0) is 10.0 Å². The molecule has 0 saturated carbocycles. The summed E-state index contributed by atoms with van der Waals surface area (Å²) in [7, 11) is -3.43. The van der Waals surface area contributed by atoms with Crippen molar-refractivity contribution in [3.63, 3.8) is 0 Å². The van der Waals surface area contributed by atoms with Crippen molar-refractivity contribution in [3.8, 4) is 0 Å². The van der Waals surface area contributed by atoms with Crippen molar-refractivity contribution in [1.82, 2.24) is 4.31 Å². The van der Waals surface area contributed by atoms with Crippen molar-refractivity contribution in [3.05, 3.63) is 52.4 Å². The molecule has 0 unspecified atom stereocenters. The molecule has 0 radical (unpaired) electrons. The van der Waals surface area contributed by atoms with Gasteiger partial charge in [-0.2, -0.15) is 4.31 Å². The number of rotatable bonds is 4. The summed E-state index contributed by atoms with van der Waals surface area (Å²) >= 11 is 1.35. The van der Waals surface area contributed by atoms with E-state index in [0.29, 0.717) is 23.8 Å². The average Bonchev–Trinajstić information content (AvgIpc) is 3.13. The Labute approximate surface area is 154 Å². The number of benzene rings is 1. The highest BCUT2D eigenvalue weighted by atomic mass is 35.5. The van der Waals surface area contributed by atoms with Crippen LogP contribution in [0.2, 0.25) is 0 Å². The van der Waals surface area contributed by atoms with E-state index in [1.165, 1.54) is 16.9 Å². The number of sulfonamides is 1. The van der Waals surface area contributed by atoms with Gasteiger partial charge in [-0.1, -0.05) is 30.3 Å². The summed E-state index contributed by atoms with van der Waals surface area (Å²) in [5.74, 6) is 0.326. The maximum atomic E-state index is 12.9. The van der Waals surface area contributed by atoms with Crippen molar-refractivity contribution >= 4 is 33.8 Å². The molecular formula is C17H23ClN2O2S2. The van der Waals surface area contributed by atoms with Gasteiger partial charge in [0.05, 0.1) is 0 Å². The SMILES string of the molecule is Cc1cc(S(=O)(=O)N2C[C@@H](CN)[C@H](c3ccccc3)C2)sc1C.Cl. The second-order valence-corrected chi connectivity index (χ2v) is 9.56. The van der Waals surface area contributed by atoms with E-state index in [1.54, 1.807) is 10.4 Å². The Balaban J connectivity index is 0.00000208. The maximum Gasteiger partial charge on any atom is 0.252 e. The van der Waals surface area contributed by atoms with Gasteiger partial charge in [0.2, 0.25) is 0 Å². The minimum absolute atomic E-state index is 0. The minimum atomic E-state index is -3.43. The monoisotopic (exact) mass is 386 g/mol. The van der Waals surface area contributed by atoms with E-state index in [1.807, 2.05) is 32.0 Å².